The van der Waals surface area contributed by atoms with Gasteiger partial charge in [0.15, 0.2) is 6.04 Å². The second kappa shape index (κ2) is 7.40. The molecule has 2 amide bonds. The van der Waals surface area contributed by atoms with Crippen molar-refractivity contribution in [1.82, 2.24) is 5.32 Å². The molecule has 2 rings (SSSR count). The number of halogens is 1. The number of carbonyl (C=O) groups is 2. The van der Waals surface area contributed by atoms with Crippen molar-refractivity contribution in [3.63, 3.8) is 0 Å². The van der Waals surface area contributed by atoms with E-state index in [2.05, 4.69) is 10.6 Å². The van der Waals surface area contributed by atoms with Gasteiger partial charge in [-0.3, -0.25) is 0 Å². The topological polar surface area (TPSA) is 67.4 Å². The molecule has 5 nitrogen and oxygen atoms in total. The molecular formula is C17H17FN2O3. The van der Waals surface area contributed by atoms with Gasteiger partial charge < -0.3 is 15.4 Å². The maximum atomic E-state index is 13.5. The first-order valence-electron chi connectivity index (χ1n) is 6.97. The third-order valence-corrected chi connectivity index (χ3v) is 3.27. The summed E-state index contributed by atoms with van der Waals surface area (Å²) < 4.78 is 18.2. The molecule has 2 aromatic rings. The maximum absolute atomic E-state index is 13.5. The fourth-order valence-corrected chi connectivity index (χ4v) is 2.01. The summed E-state index contributed by atoms with van der Waals surface area (Å²) in [5.41, 5.74) is 1.36. The van der Waals surface area contributed by atoms with Crippen LogP contribution in [0.15, 0.2) is 48.5 Å². The van der Waals surface area contributed by atoms with Gasteiger partial charge in [-0.05, 0) is 30.2 Å². The molecule has 0 bridgehead atoms. The van der Waals surface area contributed by atoms with Crippen LogP contribution in [0.4, 0.5) is 14.9 Å². The summed E-state index contributed by atoms with van der Waals surface area (Å²) in [6.45, 7) is 1.63. The van der Waals surface area contributed by atoms with Crippen molar-refractivity contribution >= 4 is 17.7 Å². The summed E-state index contributed by atoms with van der Waals surface area (Å²) in [6, 6.07) is 11.5. The third kappa shape index (κ3) is 4.29. The van der Waals surface area contributed by atoms with E-state index < -0.39 is 23.9 Å². The lowest BCUT2D eigenvalue weighted by molar-refractivity contribution is -0.143. The van der Waals surface area contributed by atoms with Crippen molar-refractivity contribution in [2.75, 3.05) is 12.4 Å². The predicted molar refractivity (Wildman–Crippen MR) is 84.5 cm³/mol. The Hall–Kier alpha value is -2.89. The first kappa shape index (κ1) is 16.5. The zero-order valence-electron chi connectivity index (χ0n) is 12.8. The predicted octanol–water partition coefficient (Wildman–Crippen LogP) is 3.17. The molecule has 1 atom stereocenters. The molecule has 0 radical (unpaired) electrons. The van der Waals surface area contributed by atoms with Crippen LogP contribution < -0.4 is 10.6 Å². The Morgan fingerprint density at radius 3 is 2.43 bits per heavy atom. The Kier molecular flexibility index (Phi) is 5.30. The average Bonchev–Trinajstić information content (AvgIpc) is 2.56. The van der Waals surface area contributed by atoms with Gasteiger partial charge in [-0.25, -0.2) is 14.0 Å². The molecule has 120 valence electrons. The highest BCUT2D eigenvalue weighted by Crippen LogP contribution is 2.16. The van der Waals surface area contributed by atoms with E-state index in [0.717, 1.165) is 0 Å². The highest BCUT2D eigenvalue weighted by molar-refractivity contribution is 5.92. The molecule has 0 aliphatic carbocycles. The van der Waals surface area contributed by atoms with E-state index in [-0.39, 0.29) is 0 Å². The molecule has 0 aromatic heterocycles. The van der Waals surface area contributed by atoms with Gasteiger partial charge in [-0.2, -0.15) is 0 Å². The number of benzene rings is 2. The Labute approximate surface area is 133 Å². The molecule has 0 heterocycles. The van der Waals surface area contributed by atoms with Gasteiger partial charge in [0, 0.05) is 5.69 Å². The van der Waals surface area contributed by atoms with Gasteiger partial charge in [-0.15, -0.1) is 0 Å². The van der Waals surface area contributed by atoms with Gasteiger partial charge in [0.05, 0.1) is 7.11 Å². The van der Waals surface area contributed by atoms with Gasteiger partial charge in [0.1, 0.15) is 5.82 Å². The second-order valence-corrected chi connectivity index (χ2v) is 4.93. The van der Waals surface area contributed by atoms with E-state index in [1.165, 1.54) is 13.2 Å². The minimum atomic E-state index is -0.948. The molecule has 0 saturated carbocycles. The van der Waals surface area contributed by atoms with E-state index in [4.69, 9.17) is 4.74 Å². The molecule has 2 N–H and O–H groups in total. The normalized spacial score (nSPS) is 11.4. The fraction of sp³-hybridized carbons (Fsp3) is 0.176. The Bertz CT molecular complexity index is 704. The van der Waals surface area contributed by atoms with Gasteiger partial charge >= 0.3 is 12.0 Å². The maximum Gasteiger partial charge on any atom is 0.333 e. The number of rotatable bonds is 4. The number of hydrogen-bond donors (Lipinski definition) is 2. The van der Waals surface area contributed by atoms with E-state index >= 15 is 0 Å². The van der Waals surface area contributed by atoms with Crippen LogP contribution in [0.3, 0.4) is 0 Å². The van der Waals surface area contributed by atoms with E-state index in [9.17, 15) is 14.0 Å². The average molecular weight is 316 g/mol. The number of urea groups is 1. The van der Waals surface area contributed by atoms with E-state index in [0.29, 0.717) is 16.8 Å². The minimum absolute atomic E-state index is 0.294. The minimum Gasteiger partial charge on any atom is -0.467 e. The Balaban J connectivity index is 2.11. The lowest BCUT2D eigenvalue weighted by atomic mass is 10.1. The van der Waals surface area contributed by atoms with E-state index in [1.54, 1.807) is 49.4 Å². The summed E-state index contributed by atoms with van der Waals surface area (Å²) in [5, 5.41) is 5.01. The number of nitrogens with one attached hydrogen (secondary N) is 2. The van der Waals surface area contributed by atoms with Crippen LogP contribution in [-0.2, 0) is 9.53 Å². The summed E-state index contributed by atoms with van der Waals surface area (Å²) >= 11 is 0. The quantitative estimate of drug-likeness (QED) is 0.851. The van der Waals surface area contributed by atoms with Crippen molar-refractivity contribution in [3.05, 3.63) is 65.5 Å². The number of aryl methyl sites for hydroxylation is 1. The standard InChI is InChI=1S/C17H17FN2O3/c1-11-8-9-13(10-14(11)18)19-17(22)20-15(16(21)23-2)12-6-4-3-5-7-12/h3-10,15H,1-2H3,(H2,19,20,22). The first-order valence-corrected chi connectivity index (χ1v) is 6.97. The summed E-state index contributed by atoms with van der Waals surface area (Å²) in [7, 11) is 1.24. The van der Waals surface area contributed by atoms with Crippen LogP contribution in [0.5, 0.6) is 0 Å². The number of ether oxygens (including phenoxy) is 1. The third-order valence-electron chi connectivity index (χ3n) is 3.27. The molecule has 1 unspecified atom stereocenters. The number of esters is 1. The van der Waals surface area contributed by atoms with Crippen LogP contribution in [0.25, 0.3) is 0 Å². The molecule has 0 saturated heterocycles. The molecule has 0 aliphatic rings. The molecular weight excluding hydrogens is 299 g/mol. The summed E-state index contributed by atoms with van der Waals surface area (Å²) in [5.74, 6) is -1.02. The van der Waals surface area contributed by atoms with Gasteiger partial charge in [0.25, 0.3) is 0 Å². The number of carbonyl (C=O) groups excluding carboxylic acids is 2. The van der Waals surface area contributed by atoms with Crippen molar-refractivity contribution in [2.45, 2.75) is 13.0 Å². The molecule has 0 spiro atoms. The lowest BCUT2D eigenvalue weighted by Gasteiger charge is -2.17. The fourth-order valence-electron chi connectivity index (χ4n) is 2.01. The number of methoxy groups -OCH3 is 1. The van der Waals surface area contributed by atoms with Crippen LogP contribution in [0.2, 0.25) is 0 Å². The zero-order chi connectivity index (χ0) is 16.8. The van der Waals surface area contributed by atoms with Crippen molar-refractivity contribution in [3.8, 4) is 0 Å². The zero-order valence-corrected chi connectivity index (χ0v) is 12.8. The highest BCUT2D eigenvalue weighted by atomic mass is 19.1. The van der Waals surface area contributed by atoms with Crippen LogP contribution >= 0.6 is 0 Å². The van der Waals surface area contributed by atoms with Crippen molar-refractivity contribution in [2.24, 2.45) is 0 Å². The molecule has 23 heavy (non-hydrogen) atoms. The molecule has 0 aliphatic heterocycles. The summed E-state index contributed by atoms with van der Waals surface area (Å²) in [4.78, 5) is 23.9. The SMILES string of the molecule is COC(=O)C(NC(=O)Nc1ccc(C)c(F)c1)c1ccccc1. The smallest absolute Gasteiger partial charge is 0.333 e. The van der Waals surface area contributed by atoms with Crippen LogP contribution in [0, 0.1) is 12.7 Å². The second-order valence-electron chi connectivity index (χ2n) is 4.93. The van der Waals surface area contributed by atoms with E-state index in [1.807, 2.05) is 0 Å². The largest absolute Gasteiger partial charge is 0.467 e. The van der Waals surface area contributed by atoms with Crippen LogP contribution in [0.1, 0.15) is 17.2 Å². The molecule has 6 heteroatoms. The van der Waals surface area contributed by atoms with Crippen LogP contribution in [-0.4, -0.2) is 19.1 Å². The Morgan fingerprint density at radius 1 is 1.13 bits per heavy atom. The number of hydrogen-bond acceptors (Lipinski definition) is 3. The van der Waals surface area contributed by atoms with Crippen molar-refractivity contribution < 1.29 is 18.7 Å². The number of anilines is 1. The molecule has 0 fully saturated rings. The monoisotopic (exact) mass is 316 g/mol. The van der Waals surface area contributed by atoms with Gasteiger partial charge in [-0.1, -0.05) is 36.4 Å². The lowest BCUT2D eigenvalue weighted by Crippen LogP contribution is -2.37. The Morgan fingerprint density at radius 2 is 1.83 bits per heavy atom. The van der Waals surface area contributed by atoms with Crippen molar-refractivity contribution in [1.29, 1.82) is 0 Å². The summed E-state index contributed by atoms with van der Waals surface area (Å²) in [6.07, 6.45) is 0. The first-order chi connectivity index (χ1) is 11.0. The molecule has 2 aromatic carbocycles. The number of amides is 2. The van der Waals surface area contributed by atoms with Gasteiger partial charge in [0.2, 0.25) is 0 Å². The highest BCUT2D eigenvalue weighted by Gasteiger charge is 2.23.